The number of hydrogen-bond donors (Lipinski definition) is 4. The summed E-state index contributed by atoms with van der Waals surface area (Å²) in [5, 5.41) is 5.89. The van der Waals surface area contributed by atoms with Gasteiger partial charge in [0.05, 0.1) is 37.4 Å². The predicted octanol–water partition coefficient (Wildman–Crippen LogP) is -2.71. The second-order valence-electron chi connectivity index (χ2n) is 9.17. The summed E-state index contributed by atoms with van der Waals surface area (Å²) < 4.78 is 41.2. The second kappa shape index (κ2) is 8.50. The van der Waals surface area contributed by atoms with Crippen LogP contribution in [0.2, 0.25) is 0 Å². The Morgan fingerprint density at radius 3 is 2.73 bits per heavy atom. The van der Waals surface area contributed by atoms with Gasteiger partial charge in [0.25, 0.3) is 0 Å². The van der Waals surface area contributed by atoms with Crippen LogP contribution in [-0.4, -0.2) is 119 Å². The first-order chi connectivity index (χ1) is 14.5. The summed E-state index contributed by atoms with van der Waals surface area (Å²) >= 11 is 0. The minimum Gasteiger partial charge on any atom is -0.380 e. The van der Waals surface area contributed by atoms with E-state index in [-0.39, 0.29) is 30.3 Å². The Morgan fingerprint density at radius 1 is 1.07 bits per heavy atom. The van der Waals surface area contributed by atoms with Gasteiger partial charge in [0.1, 0.15) is 5.25 Å². The van der Waals surface area contributed by atoms with Crippen molar-refractivity contribution in [2.75, 3.05) is 60.1 Å². The topological polar surface area (TPSA) is 110 Å². The Hall–Kier alpha value is -0.410. The Labute approximate surface area is 178 Å². The van der Waals surface area contributed by atoms with E-state index in [9.17, 15) is 8.42 Å². The number of ether oxygens (including phenoxy) is 2. The molecule has 0 radical (unpaired) electrons. The third-order valence-electron chi connectivity index (χ3n) is 7.60. The highest BCUT2D eigenvalue weighted by molar-refractivity contribution is 7.90. The van der Waals surface area contributed by atoms with Crippen LogP contribution in [0.25, 0.3) is 0 Å². The molecule has 11 nitrogen and oxygen atoms in total. The van der Waals surface area contributed by atoms with E-state index in [1.807, 2.05) is 7.05 Å². The third kappa shape index (κ3) is 3.81. The van der Waals surface area contributed by atoms with E-state index in [1.54, 1.807) is 7.11 Å². The molecule has 30 heavy (non-hydrogen) atoms. The molecule has 4 saturated heterocycles. The standard InChI is InChI=1S/C18H35N7O4S/c1-23-18-12(7-19-23)3-4-16(28-2)17(18)22-30(26,27)13-8-20-25(10-13)14-9-21-24-5-6-29-11-15(14)24/h12-22H,3-11H2,1-2H3. The van der Waals surface area contributed by atoms with Gasteiger partial charge in [-0.05, 0) is 18.8 Å². The zero-order chi connectivity index (χ0) is 20.9. The molecule has 7 unspecified atom stereocenters. The number of sulfonamides is 1. The van der Waals surface area contributed by atoms with E-state index in [0.717, 1.165) is 39.1 Å². The number of methoxy groups -OCH3 is 1. The van der Waals surface area contributed by atoms with Gasteiger partial charge in [0.2, 0.25) is 10.0 Å². The second-order valence-corrected chi connectivity index (χ2v) is 11.2. The molecule has 0 spiro atoms. The normalized spacial score (nSPS) is 43.7. The first kappa shape index (κ1) is 21.4. The summed E-state index contributed by atoms with van der Waals surface area (Å²) in [4.78, 5) is 0. The maximum atomic E-state index is 13.4. The van der Waals surface area contributed by atoms with Crippen LogP contribution >= 0.6 is 0 Å². The summed E-state index contributed by atoms with van der Waals surface area (Å²) in [5.74, 6) is 0.439. The van der Waals surface area contributed by atoms with Gasteiger partial charge >= 0.3 is 0 Å². The summed E-state index contributed by atoms with van der Waals surface area (Å²) in [7, 11) is 0.163. The smallest absolute Gasteiger partial charge is 0.217 e. The van der Waals surface area contributed by atoms with Crippen molar-refractivity contribution < 1.29 is 17.9 Å². The van der Waals surface area contributed by atoms with Gasteiger partial charge in [-0.2, -0.15) is 0 Å². The van der Waals surface area contributed by atoms with Crippen molar-refractivity contribution in [1.82, 2.24) is 36.0 Å². The Kier molecular flexibility index (Phi) is 6.08. The molecule has 0 bridgehead atoms. The van der Waals surface area contributed by atoms with Crippen molar-refractivity contribution >= 4 is 10.0 Å². The van der Waals surface area contributed by atoms with E-state index in [0.29, 0.717) is 25.6 Å². The molecule has 4 heterocycles. The lowest BCUT2D eigenvalue weighted by Gasteiger charge is -2.41. The average Bonchev–Trinajstić information content (AvgIpc) is 3.46. The van der Waals surface area contributed by atoms with Crippen molar-refractivity contribution in [3.63, 3.8) is 0 Å². The van der Waals surface area contributed by atoms with E-state index in [2.05, 4.69) is 36.0 Å². The molecule has 4 aliphatic heterocycles. The number of hydrazine groups is 3. The number of hydrogen-bond acceptors (Lipinski definition) is 10. The molecule has 0 amide bonds. The average molecular weight is 446 g/mol. The summed E-state index contributed by atoms with van der Waals surface area (Å²) in [6, 6.07) is 0.302. The minimum atomic E-state index is -3.51. The van der Waals surface area contributed by atoms with Crippen molar-refractivity contribution in [2.45, 2.75) is 48.4 Å². The van der Waals surface area contributed by atoms with Crippen molar-refractivity contribution in [1.29, 1.82) is 0 Å². The molecule has 7 atom stereocenters. The van der Waals surface area contributed by atoms with Gasteiger partial charge in [0, 0.05) is 52.9 Å². The fourth-order valence-corrected chi connectivity index (χ4v) is 7.43. The van der Waals surface area contributed by atoms with Crippen LogP contribution < -0.4 is 21.0 Å². The Morgan fingerprint density at radius 2 is 1.90 bits per heavy atom. The lowest BCUT2D eigenvalue weighted by Crippen LogP contribution is -2.61. The number of likely N-dealkylation sites (N-methyl/N-ethyl adjacent to an activating group) is 1. The number of morpholine rings is 1. The molecule has 0 aromatic heterocycles. The Bertz CT molecular complexity index is 727. The molecule has 5 aliphatic rings. The highest BCUT2D eigenvalue weighted by atomic mass is 32.2. The van der Waals surface area contributed by atoms with Crippen LogP contribution in [-0.2, 0) is 19.5 Å². The van der Waals surface area contributed by atoms with Crippen LogP contribution in [0, 0.1) is 5.92 Å². The Balaban J connectivity index is 1.26. The molecule has 1 saturated carbocycles. The van der Waals surface area contributed by atoms with E-state index < -0.39 is 15.3 Å². The summed E-state index contributed by atoms with van der Waals surface area (Å²) in [6.45, 7) is 4.86. The molecule has 12 heteroatoms. The predicted molar refractivity (Wildman–Crippen MR) is 111 cm³/mol. The van der Waals surface area contributed by atoms with Gasteiger partial charge in [-0.1, -0.05) is 0 Å². The fourth-order valence-electron chi connectivity index (χ4n) is 5.92. The molecule has 0 aromatic rings. The SMILES string of the molecule is COC1CCC2CNN(C)C2C1NS(=O)(=O)C1CNN(C2CNN3CCOCC23)C1. The minimum absolute atomic E-state index is 0.107. The van der Waals surface area contributed by atoms with Gasteiger partial charge in [-0.15, -0.1) is 0 Å². The molecule has 1 aliphatic carbocycles. The number of nitrogens with one attached hydrogen (secondary N) is 4. The van der Waals surface area contributed by atoms with Crippen LogP contribution in [0.5, 0.6) is 0 Å². The maximum absolute atomic E-state index is 13.4. The molecule has 5 fully saturated rings. The van der Waals surface area contributed by atoms with Crippen molar-refractivity contribution in [2.24, 2.45) is 5.92 Å². The van der Waals surface area contributed by atoms with Gasteiger partial charge in [0.15, 0.2) is 0 Å². The zero-order valence-corrected chi connectivity index (χ0v) is 18.6. The van der Waals surface area contributed by atoms with Gasteiger partial charge in [-0.3, -0.25) is 16.3 Å². The lowest BCUT2D eigenvalue weighted by molar-refractivity contribution is -0.0268. The first-order valence-corrected chi connectivity index (χ1v) is 12.6. The molecule has 172 valence electrons. The fraction of sp³-hybridized carbons (Fsp3) is 1.00. The van der Waals surface area contributed by atoms with Crippen LogP contribution in [0.4, 0.5) is 0 Å². The highest BCUT2D eigenvalue weighted by Gasteiger charge is 2.49. The lowest BCUT2D eigenvalue weighted by atomic mass is 9.80. The van der Waals surface area contributed by atoms with E-state index in [4.69, 9.17) is 9.47 Å². The summed E-state index contributed by atoms with van der Waals surface area (Å²) in [6.07, 6.45) is 1.81. The van der Waals surface area contributed by atoms with Gasteiger partial charge in [-0.25, -0.2) is 28.2 Å². The maximum Gasteiger partial charge on any atom is 0.217 e. The van der Waals surface area contributed by atoms with Gasteiger partial charge < -0.3 is 9.47 Å². The van der Waals surface area contributed by atoms with Crippen LogP contribution in [0.1, 0.15) is 12.8 Å². The van der Waals surface area contributed by atoms with Crippen LogP contribution in [0.15, 0.2) is 0 Å². The quantitative estimate of drug-likeness (QED) is 0.357. The van der Waals surface area contributed by atoms with E-state index >= 15 is 0 Å². The van der Waals surface area contributed by atoms with E-state index in [1.165, 1.54) is 0 Å². The largest absolute Gasteiger partial charge is 0.380 e. The number of fused-ring (bicyclic) bond motifs is 2. The third-order valence-corrected chi connectivity index (χ3v) is 9.40. The van der Waals surface area contributed by atoms with Crippen LogP contribution in [0.3, 0.4) is 0 Å². The molecular formula is C18H35N7O4S. The first-order valence-electron chi connectivity index (χ1n) is 11.1. The zero-order valence-electron chi connectivity index (χ0n) is 17.8. The summed E-state index contributed by atoms with van der Waals surface area (Å²) in [5.41, 5.74) is 10.1. The monoisotopic (exact) mass is 445 g/mol. The number of nitrogens with zero attached hydrogens (tertiary/aromatic N) is 3. The highest BCUT2D eigenvalue weighted by Crippen LogP contribution is 2.33. The molecule has 0 aromatic carbocycles. The van der Waals surface area contributed by atoms with Crippen molar-refractivity contribution in [3.05, 3.63) is 0 Å². The number of rotatable bonds is 5. The van der Waals surface area contributed by atoms with Crippen molar-refractivity contribution in [3.8, 4) is 0 Å². The molecular weight excluding hydrogens is 410 g/mol. The molecule has 5 rings (SSSR count). The molecule has 4 N–H and O–H groups in total.